The van der Waals surface area contributed by atoms with Crippen molar-refractivity contribution in [2.45, 2.75) is 11.9 Å². The summed E-state index contributed by atoms with van der Waals surface area (Å²) in [6, 6.07) is 9.41. The van der Waals surface area contributed by atoms with E-state index in [1.807, 2.05) is 0 Å². The fourth-order valence-corrected chi connectivity index (χ4v) is 2.24. The highest BCUT2D eigenvalue weighted by atomic mass is 79.9. The first-order valence-corrected chi connectivity index (χ1v) is 7.07. The maximum Gasteiger partial charge on any atom is 0.171 e. The van der Waals surface area contributed by atoms with Gasteiger partial charge in [-0.3, -0.25) is 0 Å². The third-order valence-electron chi connectivity index (χ3n) is 2.83. The molecule has 2 nitrogen and oxygen atoms in total. The number of alkyl halides is 1. The minimum atomic E-state index is -0.494. The first kappa shape index (κ1) is 14.8. The van der Waals surface area contributed by atoms with Crippen LogP contribution in [-0.2, 0) is 11.9 Å². The minimum absolute atomic E-state index is 0.0655. The van der Waals surface area contributed by atoms with Crippen molar-refractivity contribution in [3.8, 4) is 11.5 Å². The summed E-state index contributed by atoms with van der Waals surface area (Å²) in [6.07, 6.45) is 0. The molecule has 0 heterocycles. The Kier molecular flexibility index (Phi) is 4.95. The van der Waals surface area contributed by atoms with Crippen molar-refractivity contribution in [3.63, 3.8) is 0 Å². The molecule has 0 N–H and O–H groups in total. The van der Waals surface area contributed by atoms with Gasteiger partial charge in [-0.25, -0.2) is 8.78 Å². The summed E-state index contributed by atoms with van der Waals surface area (Å²) in [6.45, 7) is -0.0655. The Bertz CT molecular complexity index is 602. The van der Waals surface area contributed by atoms with Crippen molar-refractivity contribution in [2.75, 3.05) is 7.11 Å². The second-order valence-corrected chi connectivity index (χ2v) is 4.64. The number of hydrogen-bond donors (Lipinski definition) is 0. The average Bonchev–Trinajstić information content (AvgIpc) is 2.47. The van der Waals surface area contributed by atoms with Crippen LogP contribution >= 0.6 is 15.9 Å². The summed E-state index contributed by atoms with van der Waals surface area (Å²) in [5.41, 5.74) is 0.987. The van der Waals surface area contributed by atoms with Gasteiger partial charge < -0.3 is 9.47 Å². The highest BCUT2D eigenvalue weighted by Crippen LogP contribution is 2.27. The molecule has 0 atom stereocenters. The molecule has 0 bridgehead atoms. The van der Waals surface area contributed by atoms with Gasteiger partial charge in [0.2, 0.25) is 0 Å². The van der Waals surface area contributed by atoms with Crippen molar-refractivity contribution >= 4 is 15.9 Å². The lowest BCUT2D eigenvalue weighted by Crippen LogP contribution is -2.03. The molecule has 0 aliphatic rings. The fraction of sp³-hybridized carbons (Fsp3) is 0.200. The number of ether oxygens (including phenoxy) is 2. The quantitative estimate of drug-likeness (QED) is 0.747. The molecule has 0 aromatic heterocycles. The van der Waals surface area contributed by atoms with Gasteiger partial charge in [0, 0.05) is 16.5 Å². The van der Waals surface area contributed by atoms with E-state index in [0.29, 0.717) is 16.5 Å². The van der Waals surface area contributed by atoms with Crippen molar-refractivity contribution < 1.29 is 18.3 Å². The lowest BCUT2D eigenvalue weighted by Gasteiger charge is -2.12. The second kappa shape index (κ2) is 6.70. The molecule has 0 spiro atoms. The highest BCUT2D eigenvalue weighted by molar-refractivity contribution is 9.08. The summed E-state index contributed by atoms with van der Waals surface area (Å²) < 4.78 is 38.0. The van der Waals surface area contributed by atoms with E-state index in [1.54, 1.807) is 24.3 Å². The zero-order chi connectivity index (χ0) is 14.5. The molecule has 0 saturated heterocycles. The van der Waals surface area contributed by atoms with Crippen LogP contribution in [0.4, 0.5) is 8.78 Å². The summed E-state index contributed by atoms with van der Waals surface area (Å²) >= 11 is 3.27. The van der Waals surface area contributed by atoms with Crippen LogP contribution in [0.5, 0.6) is 11.5 Å². The number of rotatable bonds is 5. The van der Waals surface area contributed by atoms with E-state index in [-0.39, 0.29) is 18.1 Å². The molecular weight excluding hydrogens is 330 g/mol. The van der Waals surface area contributed by atoms with Gasteiger partial charge in [-0.1, -0.05) is 40.2 Å². The summed E-state index contributed by atoms with van der Waals surface area (Å²) in [4.78, 5) is 0. The van der Waals surface area contributed by atoms with Crippen LogP contribution in [0, 0.1) is 11.6 Å². The third kappa shape index (κ3) is 3.10. The standard InChI is InChI=1S/C15H13BrF2O2/c1-19-13-7-3-5-11(14(13)18)9-20-15-10(8-16)4-2-6-12(15)17/h2-7H,8-9H2,1H3. The van der Waals surface area contributed by atoms with Crippen LogP contribution in [0.25, 0.3) is 0 Å². The van der Waals surface area contributed by atoms with Gasteiger partial charge in [0.1, 0.15) is 6.61 Å². The molecule has 106 valence electrons. The number of halogens is 3. The SMILES string of the molecule is COc1cccc(COc2c(F)cccc2CBr)c1F. The molecule has 0 aliphatic heterocycles. The van der Waals surface area contributed by atoms with E-state index in [9.17, 15) is 8.78 Å². The van der Waals surface area contributed by atoms with Crippen LogP contribution in [0.1, 0.15) is 11.1 Å². The maximum atomic E-state index is 14.0. The summed E-state index contributed by atoms with van der Waals surface area (Å²) in [5.74, 6) is -0.691. The van der Waals surface area contributed by atoms with Gasteiger partial charge in [0.15, 0.2) is 23.1 Å². The Morgan fingerprint density at radius 1 is 1.05 bits per heavy atom. The van der Waals surface area contributed by atoms with E-state index >= 15 is 0 Å². The lowest BCUT2D eigenvalue weighted by atomic mass is 10.2. The smallest absolute Gasteiger partial charge is 0.171 e. The Morgan fingerprint density at radius 3 is 2.45 bits per heavy atom. The van der Waals surface area contributed by atoms with Gasteiger partial charge in [-0.15, -0.1) is 0 Å². The maximum absolute atomic E-state index is 14.0. The van der Waals surface area contributed by atoms with Gasteiger partial charge in [-0.05, 0) is 12.1 Å². The molecule has 5 heteroatoms. The molecule has 2 aromatic rings. The average molecular weight is 343 g/mol. The molecule has 2 rings (SSSR count). The topological polar surface area (TPSA) is 18.5 Å². The van der Waals surface area contributed by atoms with Crippen LogP contribution in [-0.4, -0.2) is 7.11 Å². The molecule has 0 radical (unpaired) electrons. The minimum Gasteiger partial charge on any atom is -0.494 e. The molecule has 2 aromatic carbocycles. The molecule has 0 saturated carbocycles. The first-order chi connectivity index (χ1) is 9.67. The van der Waals surface area contributed by atoms with Crippen LogP contribution in [0.3, 0.4) is 0 Å². The van der Waals surface area contributed by atoms with Crippen molar-refractivity contribution in [1.29, 1.82) is 0 Å². The van der Waals surface area contributed by atoms with E-state index in [1.165, 1.54) is 19.2 Å². The molecule has 0 fully saturated rings. The third-order valence-corrected chi connectivity index (χ3v) is 3.43. The first-order valence-electron chi connectivity index (χ1n) is 5.95. The van der Waals surface area contributed by atoms with E-state index in [4.69, 9.17) is 9.47 Å². The van der Waals surface area contributed by atoms with E-state index < -0.39 is 11.6 Å². The predicted octanol–water partition coefficient (Wildman–Crippen LogP) is 4.45. The Labute approximate surface area is 124 Å². The van der Waals surface area contributed by atoms with E-state index in [2.05, 4.69) is 15.9 Å². The normalized spacial score (nSPS) is 10.4. The number of methoxy groups -OCH3 is 1. The van der Waals surface area contributed by atoms with Crippen molar-refractivity contribution in [3.05, 3.63) is 59.2 Å². The van der Waals surface area contributed by atoms with Crippen molar-refractivity contribution in [2.24, 2.45) is 0 Å². The molecule has 20 heavy (non-hydrogen) atoms. The van der Waals surface area contributed by atoms with Gasteiger partial charge >= 0.3 is 0 Å². The van der Waals surface area contributed by atoms with Crippen LogP contribution in [0.2, 0.25) is 0 Å². The largest absolute Gasteiger partial charge is 0.494 e. The predicted molar refractivity (Wildman–Crippen MR) is 76.3 cm³/mol. The summed E-state index contributed by atoms with van der Waals surface area (Å²) in [5, 5.41) is 0.459. The second-order valence-electron chi connectivity index (χ2n) is 4.08. The number of hydrogen-bond acceptors (Lipinski definition) is 2. The summed E-state index contributed by atoms with van der Waals surface area (Å²) in [7, 11) is 1.39. The van der Waals surface area contributed by atoms with Gasteiger partial charge in [0.25, 0.3) is 0 Å². The van der Waals surface area contributed by atoms with Crippen LogP contribution < -0.4 is 9.47 Å². The van der Waals surface area contributed by atoms with Crippen molar-refractivity contribution in [1.82, 2.24) is 0 Å². The lowest BCUT2D eigenvalue weighted by molar-refractivity contribution is 0.279. The van der Waals surface area contributed by atoms with Crippen LogP contribution in [0.15, 0.2) is 36.4 Å². The molecule has 0 unspecified atom stereocenters. The monoisotopic (exact) mass is 342 g/mol. The fourth-order valence-electron chi connectivity index (χ4n) is 1.80. The highest BCUT2D eigenvalue weighted by Gasteiger charge is 2.12. The Hall–Kier alpha value is -1.62. The van der Waals surface area contributed by atoms with Gasteiger partial charge in [0.05, 0.1) is 7.11 Å². The zero-order valence-corrected chi connectivity index (χ0v) is 12.4. The molecular formula is C15H13BrF2O2. The zero-order valence-electron chi connectivity index (χ0n) is 10.8. The number of benzene rings is 2. The van der Waals surface area contributed by atoms with Gasteiger partial charge in [-0.2, -0.15) is 0 Å². The molecule has 0 amide bonds. The molecule has 0 aliphatic carbocycles. The Balaban J connectivity index is 2.21. The number of para-hydroxylation sites is 1. The van der Waals surface area contributed by atoms with E-state index in [0.717, 1.165) is 0 Å². The Morgan fingerprint density at radius 2 is 1.75 bits per heavy atom.